The Morgan fingerprint density at radius 1 is 1.43 bits per heavy atom. The molecule has 0 saturated carbocycles. The number of hydrogen-bond donors (Lipinski definition) is 2. The molecule has 6 heteroatoms. The fourth-order valence-corrected chi connectivity index (χ4v) is 2.74. The molecule has 1 saturated heterocycles. The summed E-state index contributed by atoms with van der Waals surface area (Å²) in [5, 5.41) is 12.8. The van der Waals surface area contributed by atoms with E-state index in [1.807, 2.05) is 0 Å². The van der Waals surface area contributed by atoms with Crippen molar-refractivity contribution in [3.8, 4) is 0 Å². The van der Waals surface area contributed by atoms with E-state index in [9.17, 15) is 9.59 Å². The lowest BCUT2D eigenvalue weighted by Crippen LogP contribution is -2.39. The molecule has 0 radical (unpaired) electrons. The molecule has 1 unspecified atom stereocenters. The van der Waals surface area contributed by atoms with Gasteiger partial charge < -0.3 is 15.3 Å². The molecular weight excluding hydrogens is 292 g/mol. The summed E-state index contributed by atoms with van der Waals surface area (Å²) in [5.74, 6) is -0.944. The van der Waals surface area contributed by atoms with Crippen molar-refractivity contribution in [1.29, 1.82) is 0 Å². The van der Waals surface area contributed by atoms with Crippen molar-refractivity contribution in [2.24, 2.45) is 5.92 Å². The molecule has 1 aromatic carbocycles. The van der Waals surface area contributed by atoms with Gasteiger partial charge in [-0.15, -0.1) is 0 Å². The quantitative estimate of drug-likeness (QED) is 0.874. The highest BCUT2D eigenvalue weighted by atomic mass is 35.5. The highest BCUT2D eigenvalue weighted by Crippen LogP contribution is 2.22. The van der Waals surface area contributed by atoms with Crippen LogP contribution in [0.5, 0.6) is 0 Å². The van der Waals surface area contributed by atoms with E-state index < -0.39 is 5.97 Å². The smallest absolute Gasteiger partial charge is 0.323 e. The molecule has 5 nitrogen and oxygen atoms in total. The standard InChI is InChI=1S/C15H19ClN2O3/c16-12-4-1-5-13(8-12)18(10-15(20)21)14(19)7-11-3-2-6-17-9-11/h1,4-5,8,11,17H,2-3,6-7,9-10H2,(H,20,21). The Labute approximate surface area is 128 Å². The van der Waals surface area contributed by atoms with Gasteiger partial charge in [0.1, 0.15) is 6.54 Å². The highest BCUT2D eigenvalue weighted by Gasteiger charge is 2.23. The van der Waals surface area contributed by atoms with Crippen molar-refractivity contribution in [3.63, 3.8) is 0 Å². The van der Waals surface area contributed by atoms with Gasteiger partial charge >= 0.3 is 5.97 Å². The number of aliphatic carboxylic acids is 1. The van der Waals surface area contributed by atoms with Gasteiger partial charge in [0.25, 0.3) is 0 Å². The Bertz CT molecular complexity index is 515. The number of carboxylic acids is 1. The topological polar surface area (TPSA) is 69.6 Å². The molecule has 1 fully saturated rings. The Balaban J connectivity index is 2.11. The van der Waals surface area contributed by atoms with Gasteiger partial charge in [-0.3, -0.25) is 9.59 Å². The van der Waals surface area contributed by atoms with Crippen LogP contribution in [0.3, 0.4) is 0 Å². The largest absolute Gasteiger partial charge is 0.480 e. The number of nitrogens with zero attached hydrogens (tertiary/aromatic N) is 1. The summed E-state index contributed by atoms with van der Waals surface area (Å²) in [6.45, 7) is 1.44. The summed E-state index contributed by atoms with van der Waals surface area (Å²) in [4.78, 5) is 24.8. The summed E-state index contributed by atoms with van der Waals surface area (Å²) >= 11 is 5.93. The minimum atomic E-state index is -1.04. The SMILES string of the molecule is O=C(O)CN(C(=O)CC1CCCNC1)c1cccc(Cl)c1. The number of amides is 1. The predicted molar refractivity (Wildman–Crippen MR) is 81.7 cm³/mol. The van der Waals surface area contributed by atoms with E-state index in [1.54, 1.807) is 24.3 Å². The van der Waals surface area contributed by atoms with Crippen LogP contribution in [0.2, 0.25) is 5.02 Å². The molecule has 0 bridgehead atoms. The molecule has 1 aliphatic heterocycles. The van der Waals surface area contributed by atoms with Crippen LogP contribution in [0.15, 0.2) is 24.3 Å². The van der Waals surface area contributed by atoms with Crippen molar-refractivity contribution in [1.82, 2.24) is 5.32 Å². The number of benzene rings is 1. The Kier molecular flexibility index (Phi) is 5.59. The molecule has 0 aliphatic carbocycles. The van der Waals surface area contributed by atoms with Crippen molar-refractivity contribution >= 4 is 29.2 Å². The van der Waals surface area contributed by atoms with Crippen molar-refractivity contribution < 1.29 is 14.7 Å². The molecule has 1 aromatic rings. The molecule has 1 atom stereocenters. The van der Waals surface area contributed by atoms with Gasteiger partial charge in [-0.25, -0.2) is 0 Å². The predicted octanol–water partition coefficient (Wildman–Crippen LogP) is 2.15. The molecule has 114 valence electrons. The number of nitrogens with one attached hydrogen (secondary N) is 1. The van der Waals surface area contributed by atoms with E-state index in [-0.39, 0.29) is 18.4 Å². The van der Waals surface area contributed by atoms with Crippen LogP contribution in [0.4, 0.5) is 5.69 Å². The number of anilines is 1. The first-order chi connectivity index (χ1) is 10.1. The number of halogens is 1. The summed E-state index contributed by atoms with van der Waals surface area (Å²) in [5.41, 5.74) is 0.527. The van der Waals surface area contributed by atoms with E-state index in [1.165, 1.54) is 4.90 Å². The molecule has 0 spiro atoms. The lowest BCUT2D eigenvalue weighted by molar-refractivity contribution is -0.136. The molecule has 2 rings (SSSR count). The third-order valence-electron chi connectivity index (χ3n) is 3.58. The van der Waals surface area contributed by atoms with E-state index in [4.69, 9.17) is 16.7 Å². The number of hydrogen-bond acceptors (Lipinski definition) is 3. The minimum Gasteiger partial charge on any atom is -0.480 e. The van der Waals surface area contributed by atoms with E-state index in [2.05, 4.69) is 5.32 Å². The van der Waals surface area contributed by atoms with Gasteiger partial charge in [0.15, 0.2) is 0 Å². The Hall–Kier alpha value is -1.59. The monoisotopic (exact) mass is 310 g/mol. The number of rotatable bonds is 5. The molecular formula is C15H19ClN2O3. The maximum atomic E-state index is 12.5. The van der Waals surface area contributed by atoms with Crippen LogP contribution >= 0.6 is 11.6 Å². The van der Waals surface area contributed by atoms with Crippen LogP contribution in [0.1, 0.15) is 19.3 Å². The molecule has 1 heterocycles. The second-order valence-corrected chi connectivity index (χ2v) is 5.71. The van der Waals surface area contributed by atoms with Crippen LogP contribution in [-0.4, -0.2) is 36.6 Å². The Morgan fingerprint density at radius 3 is 2.86 bits per heavy atom. The molecule has 0 aromatic heterocycles. The lowest BCUT2D eigenvalue weighted by Gasteiger charge is -2.26. The maximum Gasteiger partial charge on any atom is 0.323 e. The molecule has 1 aliphatic rings. The number of piperidine rings is 1. The van der Waals surface area contributed by atoms with Crippen LogP contribution in [0.25, 0.3) is 0 Å². The second kappa shape index (κ2) is 7.43. The second-order valence-electron chi connectivity index (χ2n) is 5.27. The zero-order chi connectivity index (χ0) is 15.2. The van der Waals surface area contributed by atoms with Gasteiger partial charge in [0.05, 0.1) is 0 Å². The highest BCUT2D eigenvalue weighted by molar-refractivity contribution is 6.30. The average Bonchev–Trinajstić information content (AvgIpc) is 2.45. The van der Waals surface area contributed by atoms with E-state index in [0.29, 0.717) is 17.1 Å². The molecule has 21 heavy (non-hydrogen) atoms. The third-order valence-corrected chi connectivity index (χ3v) is 3.81. The molecule has 2 N–H and O–H groups in total. The lowest BCUT2D eigenvalue weighted by atomic mass is 9.95. The van der Waals surface area contributed by atoms with E-state index in [0.717, 1.165) is 25.9 Å². The van der Waals surface area contributed by atoms with E-state index >= 15 is 0 Å². The van der Waals surface area contributed by atoms with Crippen molar-refractivity contribution in [2.45, 2.75) is 19.3 Å². The average molecular weight is 311 g/mol. The fraction of sp³-hybridized carbons (Fsp3) is 0.467. The fourth-order valence-electron chi connectivity index (χ4n) is 2.56. The first kappa shape index (κ1) is 15.8. The maximum absolute atomic E-state index is 12.5. The summed E-state index contributed by atoms with van der Waals surface area (Å²) < 4.78 is 0. The minimum absolute atomic E-state index is 0.173. The summed E-state index contributed by atoms with van der Waals surface area (Å²) in [7, 11) is 0. The third kappa shape index (κ3) is 4.72. The first-order valence-corrected chi connectivity index (χ1v) is 7.42. The molecule has 1 amide bonds. The van der Waals surface area contributed by atoms with Gasteiger partial charge in [0.2, 0.25) is 5.91 Å². The van der Waals surface area contributed by atoms with Crippen LogP contribution < -0.4 is 10.2 Å². The number of carboxylic acid groups (broad SMARTS) is 1. The van der Waals surface area contributed by atoms with Crippen LogP contribution in [-0.2, 0) is 9.59 Å². The summed E-state index contributed by atoms with van der Waals surface area (Å²) in [6, 6.07) is 6.72. The number of carbonyl (C=O) groups excluding carboxylic acids is 1. The van der Waals surface area contributed by atoms with Gasteiger partial charge in [-0.2, -0.15) is 0 Å². The van der Waals surface area contributed by atoms with Gasteiger partial charge in [0, 0.05) is 17.1 Å². The van der Waals surface area contributed by atoms with Crippen LogP contribution in [0, 0.1) is 5.92 Å². The van der Waals surface area contributed by atoms with Crippen molar-refractivity contribution in [2.75, 3.05) is 24.5 Å². The zero-order valence-electron chi connectivity index (χ0n) is 11.7. The Morgan fingerprint density at radius 2 is 2.24 bits per heavy atom. The van der Waals surface area contributed by atoms with Crippen molar-refractivity contribution in [3.05, 3.63) is 29.3 Å². The zero-order valence-corrected chi connectivity index (χ0v) is 12.5. The van der Waals surface area contributed by atoms with Gasteiger partial charge in [-0.1, -0.05) is 17.7 Å². The normalized spacial score (nSPS) is 18.2. The first-order valence-electron chi connectivity index (χ1n) is 7.04. The van der Waals surface area contributed by atoms with Gasteiger partial charge in [-0.05, 0) is 50.0 Å². The number of carbonyl (C=O) groups is 2. The summed E-state index contributed by atoms with van der Waals surface area (Å²) in [6.07, 6.45) is 2.40.